The maximum atomic E-state index is 3.96. The number of nitrogens with zero attached hydrogens (tertiary/aromatic N) is 2. The molecule has 136 valence electrons. The Hall–Kier alpha value is -2.52. The van der Waals surface area contributed by atoms with Crippen molar-refractivity contribution in [3.05, 3.63) is 83.0 Å². The summed E-state index contributed by atoms with van der Waals surface area (Å²) in [5, 5.41) is 2.55. The number of hydrogen-bond acceptors (Lipinski definition) is 2. The van der Waals surface area contributed by atoms with Gasteiger partial charge < -0.3 is 4.90 Å². The Kier molecular flexibility index (Phi) is 4.79. The maximum absolute atomic E-state index is 3.96. The molecule has 0 saturated heterocycles. The van der Waals surface area contributed by atoms with Crippen molar-refractivity contribution in [3.63, 3.8) is 0 Å². The minimum absolute atomic E-state index is 0.814. The summed E-state index contributed by atoms with van der Waals surface area (Å²) in [4.78, 5) is 3.67. The van der Waals surface area contributed by atoms with Crippen LogP contribution in [0.25, 0.3) is 17.0 Å². The van der Waals surface area contributed by atoms with Crippen molar-refractivity contribution < 1.29 is 4.57 Å². The van der Waals surface area contributed by atoms with Crippen LogP contribution < -0.4 is 9.47 Å². The molecule has 3 aromatic rings. The molecular formula is C24H25N2S+. The smallest absolute Gasteiger partial charge is 0.212 e. The molecule has 1 aromatic heterocycles. The molecule has 0 atom stereocenters. The first-order valence-electron chi connectivity index (χ1n) is 9.42. The van der Waals surface area contributed by atoms with Gasteiger partial charge in [-0.2, -0.15) is 4.57 Å². The van der Waals surface area contributed by atoms with Gasteiger partial charge in [0, 0.05) is 35.0 Å². The zero-order chi connectivity index (χ0) is 19.0. The molecule has 0 bridgehead atoms. The first-order chi connectivity index (χ1) is 13.1. The molecular weight excluding hydrogens is 348 g/mol. The lowest BCUT2D eigenvalue weighted by molar-refractivity contribution is -0.669. The van der Waals surface area contributed by atoms with Gasteiger partial charge >= 0.3 is 0 Å². The number of thioether (sulfide) groups is 1. The zero-order valence-corrected chi connectivity index (χ0v) is 17.0. The summed E-state index contributed by atoms with van der Waals surface area (Å²) in [5.41, 5.74) is 6.38. The van der Waals surface area contributed by atoms with Crippen molar-refractivity contribution in [1.29, 1.82) is 0 Å². The van der Waals surface area contributed by atoms with E-state index in [0.29, 0.717) is 0 Å². The fourth-order valence-electron chi connectivity index (χ4n) is 3.70. The first-order valence-corrected chi connectivity index (χ1v) is 10.2. The van der Waals surface area contributed by atoms with Gasteiger partial charge in [-0.05, 0) is 50.6 Å². The third-order valence-corrected chi connectivity index (χ3v) is 6.12. The van der Waals surface area contributed by atoms with E-state index in [0.717, 1.165) is 13.1 Å². The molecule has 0 saturated carbocycles. The van der Waals surface area contributed by atoms with Gasteiger partial charge in [0.1, 0.15) is 6.54 Å². The first kappa shape index (κ1) is 17.9. The highest BCUT2D eigenvalue weighted by molar-refractivity contribution is 8.03. The van der Waals surface area contributed by atoms with Crippen molar-refractivity contribution >= 4 is 34.4 Å². The van der Waals surface area contributed by atoms with Crippen LogP contribution in [0.1, 0.15) is 23.7 Å². The van der Waals surface area contributed by atoms with Gasteiger partial charge in [0.15, 0.2) is 0 Å². The van der Waals surface area contributed by atoms with Gasteiger partial charge in [-0.1, -0.05) is 35.5 Å². The molecule has 3 heteroatoms. The van der Waals surface area contributed by atoms with E-state index < -0.39 is 0 Å². The van der Waals surface area contributed by atoms with Crippen molar-refractivity contribution in [2.45, 2.75) is 32.2 Å². The van der Waals surface area contributed by atoms with E-state index in [1.807, 2.05) is 17.8 Å². The van der Waals surface area contributed by atoms with E-state index in [1.165, 1.54) is 43.3 Å². The topological polar surface area (TPSA) is 7.12 Å². The largest absolute Gasteiger partial charge is 0.331 e. The van der Waals surface area contributed by atoms with Crippen LogP contribution in [0.4, 0.5) is 5.69 Å². The lowest BCUT2D eigenvalue weighted by Gasteiger charge is -2.18. The second-order valence-corrected chi connectivity index (χ2v) is 8.08. The number of aryl methyl sites for hydroxylation is 3. The van der Waals surface area contributed by atoms with Crippen LogP contribution in [0.2, 0.25) is 0 Å². The number of anilines is 1. The highest BCUT2D eigenvalue weighted by Gasteiger charge is 2.26. The maximum Gasteiger partial charge on any atom is 0.212 e. The molecule has 0 amide bonds. The minimum Gasteiger partial charge on any atom is -0.331 e. The van der Waals surface area contributed by atoms with Gasteiger partial charge in [-0.25, -0.2) is 0 Å². The summed E-state index contributed by atoms with van der Waals surface area (Å²) < 4.78 is 2.39. The molecule has 0 spiro atoms. The lowest BCUT2D eigenvalue weighted by atomic mass is 10.1. The summed E-state index contributed by atoms with van der Waals surface area (Å²) in [7, 11) is 0. The van der Waals surface area contributed by atoms with Crippen LogP contribution in [-0.4, -0.2) is 6.54 Å². The molecule has 2 nitrogen and oxygen atoms in total. The van der Waals surface area contributed by atoms with E-state index in [9.17, 15) is 0 Å². The van der Waals surface area contributed by atoms with Crippen LogP contribution in [0, 0.1) is 13.8 Å². The highest BCUT2D eigenvalue weighted by atomic mass is 32.2. The van der Waals surface area contributed by atoms with Gasteiger partial charge in [0.25, 0.3) is 0 Å². The molecule has 0 radical (unpaired) electrons. The average molecular weight is 374 g/mol. The second kappa shape index (κ2) is 7.24. The van der Waals surface area contributed by atoms with Crippen molar-refractivity contribution in [3.8, 4) is 0 Å². The van der Waals surface area contributed by atoms with Gasteiger partial charge in [0.05, 0.1) is 10.7 Å². The van der Waals surface area contributed by atoms with E-state index in [-0.39, 0.29) is 0 Å². The van der Waals surface area contributed by atoms with E-state index in [1.54, 1.807) is 0 Å². The molecule has 2 heterocycles. The summed E-state index contributed by atoms with van der Waals surface area (Å²) in [6, 6.07) is 17.8. The fourth-order valence-corrected chi connectivity index (χ4v) is 4.80. The van der Waals surface area contributed by atoms with Gasteiger partial charge in [-0.15, -0.1) is 6.58 Å². The minimum atomic E-state index is 0.814. The van der Waals surface area contributed by atoms with Crippen LogP contribution in [0.3, 0.4) is 0 Å². The Morgan fingerprint density at radius 1 is 1.04 bits per heavy atom. The van der Waals surface area contributed by atoms with E-state index in [2.05, 4.69) is 91.4 Å². The number of pyridine rings is 1. The second-order valence-electron chi connectivity index (χ2n) is 7.02. The molecule has 4 rings (SSSR count). The predicted octanol–water partition coefficient (Wildman–Crippen LogP) is 5.86. The summed E-state index contributed by atoms with van der Waals surface area (Å²) >= 11 is 1.84. The molecule has 0 fully saturated rings. The van der Waals surface area contributed by atoms with Crippen LogP contribution in [0.5, 0.6) is 0 Å². The number of aromatic nitrogens is 1. The Labute approximate surface area is 165 Å². The fraction of sp³-hybridized carbons (Fsp3) is 0.208. The van der Waals surface area contributed by atoms with Crippen molar-refractivity contribution in [2.75, 3.05) is 11.4 Å². The molecule has 27 heavy (non-hydrogen) atoms. The number of fused-ring (bicyclic) bond motifs is 2. The Balaban J connectivity index is 1.83. The van der Waals surface area contributed by atoms with E-state index in [4.69, 9.17) is 0 Å². The third-order valence-electron chi connectivity index (χ3n) is 5.00. The van der Waals surface area contributed by atoms with Gasteiger partial charge in [0.2, 0.25) is 11.2 Å². The normalized spacial score (nSPS) is 14.8. The number of hydrogen-bond donors (Lipinski definition) is 0. The van der Waals surface area contributed by atoms with Crippen LogP contribution in [-0.2, 0) is 6.54 Å². The van der Waals surface area contributed by atoms with Crippen LogP contribution in [0.15, 0.2) is 71.1 Å². The Bertz CT molecular complexity index is 1070. The standard InChI is InChI=1S/C24H25N2S/c1-5-13-26-22-15-18(4)8-12-23(22)27-24(26)16-20-10-9-19-14-17(3)7-11-21(19)25(20)6-2/h5,7-12,14-16H,1,6,13H2,2-4H3/q+1. The highest BCUT2D eigenvalue weighted by Crippen LogP contribution is 2.46. The molecule has 0 unspecified atom stereocenters. The molecule has 2 aromatic carbocycles. The Morgan fingerprint density at radius 3 is 2.59 bits per heavy atom. The SMILES string of the molecule is C=CCN1/C(=C/c2ccc3cc(C)ccc3[n+]2CC)Sc2ccc(C)cc21. The average Bonchev–Trinajstić information content (AvgIpc) is 2.98. The molecule has 1 aliphatic rings. The van der Waals surface area contributed by atoms with E-state index >= 15 is 0 Å². The zero-order valence-electron chi connectivity index (χ0n) is 16.2. The summed E-state index contributed by atoms with van der Waals surface area (Å²) in [6.07, 6.45) is 4.29. The van der Waals surface area contributed by atoms with Crippen molar-refractivity contribution in [1.82, 2.24) is 0 Å². The molecule has 0 aliphatic carbocycles. The lowest BCUT2D eigenvalue weighted by Crippen LogP contribution is -2.37. The summed E-state index contributed by atoms with van der Waals surface area (Å²) in [6.45, 7) is 12.2. The molecule has 1 aliphatic heterocycles. The molecule has 0 N–H and O–H groups in total. The van der Waals surface area contributed by atoms with Gasteiger partial charge in [-0.3, -0.25) is 0 Å². The predicted molar refractivity (Wildman–Crippen MR) is 117 cm³/mol. The third kappa shape index (κ3) is 3.28. The number of rotatable bonds is 4. The van der Waals surface area contributed by atoms with Crippen LogP contribution >= 0.6 is 11.8 Å². The summed E-state index contributed by atoms with van der Waals surface area (Å²) in [5.74, 6) is 0. The quantitative estimate of drug-likeness (QED) is 0.418. The monoisotopic (exact) mass is 373 g/mol. The number of benzene rings is 2. The Morgan fingerprint density at radius 2 is 1.81 bits per heavy atom. The van der Waals surface area contributed by atoms with Crippen molar-refractivity contribution in [2.24, 2.45) is 0 Å².